The van der Waals surface area contributed by atoms with Gasteiger partial charge in [0, 0.05) is 4.88 Å². The van der Waals surface area contributed by atoms with E-state index in [0.717, 1.165) is 35.0 Å². The summed E-state index contributed by atoms with van der Waals surface area (Å²) in [5, 5.41) is 4.24. The number of aromatic nitrogens is 2. The Labute approximate surface area is 172 Å². The molecule has 146 valence electrons. The maximum absolute atomic E-state index is 12.6. The molecule has 28 heavy (non-hydrogen) atoms. The Morgan fingerprint density at radius 3 is 2.96 bits per heavy atom. The van der Waals surface area contributed by atoms with Gasteiger partial charge in [0.2, 0.25) is 5.91 Å². The van der Waals surface area contributed by atoms with Crippen LogP contribution in [0.3, 0.4) is 0 Å². The first-order valence-electron chi connectivity index (χ1n) is 9.53. The Kier molecular flexibility index (Phi) is 5.55. The van der Waals surface area contributed by atoms with Crippen molar-refractivity contribution in [3.63, 3.8) is 0 Å². The number of benzene rings is 1. The summed E-state index contributed by atoms with van der Waals surface area (Å²) in [5.41, 5.74) is 2.16. The monoisotopic (exact) mass is 413 g/mol. The van der Waals surface area contributed by atoms with E-state index in [9.17, 15) is 9.59 Å². The van der Waals surface area contributed by atoms with Gasteiger partial charge in [-0.3, -0.25) is 9.59 Å². The second-order valence-corrected chi connectivity index (χ2v) is 9.44. The minimum Gasteiger partial charge on any atom is -0.349 e. The first-order chi connectivity index (χ1) is 13.5. The third-order valence-corrected chi connectivity index (χ3v) is 7.18. The molecule has 2 N–H and O–H groups in total. The van der Waals surface area contributed by atoms with Crippen LogP contribution in [0.15, 0.2) is 40.3 Å². The van der Waals surface area contributed by atoms with E-state index < -0.39 is 0 Å². The Morgan fingerprint density at radius 1 is 1.39 bits per heavy atom. The van der Waals surface area contributed by atoms with E-state index in [1.807, 2.05) is 37.3 Å². The third kappa shape index (κ3) is 4.00. The molecule has 4 rings (SSSR count). The number of thiophene rings is 1. The fourth-order valence-electron chi connectivity index (χ4n) is 3.64. The number of carbonyl (C=O) groups is 1. The zero-order chi connectivity index (χ0) is 19.7. The van der Waals surface area contributed by atoms with Gasteiger partial charge in [-0.15, -0.1) is 11.3 Å². The molecule has 0 radical (unpaired) electrons. The van der Waals surface area contributed by atoms with Gasteiger partial charge in [-0.25, -0.2) is 4.98 Å². The number of thioether (sulfide) groups is 1. The fraction of sp³-hybridized carbons (Fsp3) is 0.381. The summed E-state index contributed by atoms with van der Waals surface area (Å²) in [5.74, 6) is 0.792. The molecule has 0 bridgehead atoms. The lowest BCUT2D eigenvalue weighted by atomic mass is 9.89. The number of aryl methyl sites for hydroxylation is 1. The fourth-order valence-corrected chi connectivity index (χ4v) is 5.75. The summed E-state index contributed by atoms with van der Waals surface area (Å²) in [4.78, 5) is 34.5. The molecule has 0 saturated carbocycles. The largest absolute Gasteiger partial charge is 0.349 e. The first-order valence-corrected chi connectivity index (χ1v) is 11.3. The van der Waals surface area contributed by atoms with E-state index >= 15 is 0 Å². The van der Waals surface area contributed by atoms with E-state index in [-0.39, 0.29) is 23.3 Å². The molecule has 1 aliphatic carbocycles. The molecule has 1 amide bonds. The molecule has 1 aliphatic rings. The van der Waals surface area contributed by atoms with Gasteiger partial charge < -0.3 is 10.3 Å². The van der Waals surface area contributed by atoms with Gasteiger partial charge in [-0.05, 0) is 43.2 Å². The Balaban J connectivity index is 1.45. The van der Waals surface area contributed by atoms with Crippen molar-refractivity contribution in [3.8, 4) is 0 Å². The average Bonchev–Trinajstić information content (AvgIpc) is 3.04. The van der Waals surface area contributed by atoms with Crippen molar-refractivity contribution in [1.82, 2.24) is 15.3 Å². The number of H-pyrrole nitrogens is 1. The van der Waals surface area contributed by atoms with Crippen molar-refractivity contribution < 1.29 is 4.79 Å². The Morgan fingerprint density at radius 2 is 2.18 bits per heavy atom. The van der Waals surface area contributed by atoms with Crippen molar-refractivity contribution in [2.75, 3.05) is 5.75 Å². The highest BCUT2D eigenvalue weighted by Crippen LogP contribution is 2.36. The summed E-state index contributed by atoms with van der Waals surface area (Å²) in [7, 11) is 0. The number of hydrogen-bond donors (Lipinski definition) is 2. The summed E-state index contributed by atoms with van der Waals surface area (Å²) >= 11 is 2.90. The SMILES string of the molecule is C[C@H]1CCc2c(sc3nc(SCC(=O)N[C@H](C)c4ccccc4)[nH]c(=O)c23)C1. The molecule has 0 saturated heterocycles. The molecule has 0 aliphatic heterocycles. The van der Waals surface area contributed by atoms with E-state index in [1.54, 1.807) is 11.3 Å². The molecule has 7 heteroatoms. The molecular weight excluding hydrogens is 390 g/mol. The molecular formula is C21H23N3O2S2. The number of hydrogen-bond acceptors (Lipinski definition) is 5. The van der Waals surface area contributed by atoms with Crippen LogP contribution in [0.4, 0.5) is 0 Å². The van der Waals surface area contributed by atoms with Crippen LogP contribution >= 0.6 is 23.1 Å². The predicted molar refractivity (Wildman–Crippen MR) is 115 cm³/mol. The molecule has 5 nitrogen and oxygen atoms in total. The maximum Gasteiger partial charge on any atom is 0.260 e. The third-order valence-electron chi connectivity index (χ3n) is 5.16. The highest BCUT2D eigenvalue weighted by atomic mass is 32.2. The number of rotatable bonds is 5. The van der Waals surface area contributed by atoms with E-state index in [2.05, 4.69) is 22.2 Å². The minimum atomic E-state index is -0.0855. The second-order valence-electron chi connectivity index (χ2n) is 7.39. The van der Waals surface area contributed by atoms with E-state index in [1.165, 1.54) is 22.2 Å². The topological polar surface area (TPSA) is 74.8 Å². The van der Waals surface area contributed by atoms with Crippen molar-refractivity contribution in [2.24, 2.45) is 5.92 Å². The van der Waals surface area contributed by atoms with Crippen molar-refractivity contribution in [1.29, 1.82) is 0 Å². The van der Waals surface area contributed by atoms with Gasteiger partial charge in [0.25, 0.3) is 5.56 Å². The summed E-state index contributed by atoms with van der Waals surface area (Å²) in [6.07, 6.45) is 3.10. The summed E-state index contributed by atoms with van der Waals surface area (Å²) < 4.78 is 0. The van der Waals surface area contributed by atoms with Gasteiger partial charge in [0.05, 0.1) is 17.2 Å². The van der Waals surface area contributed by atoms with Crippen LogP contribution in [0.5, 0.6) is 0 Å². The van der Waals surface area contributed by atoms with Crippen LogP contribution < -0.4 is 10.9 Å². The molecule has 0 fully saturated rings. The first kappa shape index (κ1) is 19.2. The van der Waals surface area contributed by atoms with E-state index in [0.29, 0.717) is 11.1 Å². The highest BCUT2D eigenvalue weighted by Gasteiger charge is 2.23. The van der Waals surface area contributed by atoms with Crippen molar-refractivity contribution in [2.45, 2.75) is 44.3 Å². The normalized spacial score (nSPS) is 17.3. The van der Waals surface area contributed by atoms with E-state index in [4.69, 9.17) is 0 Å². The van der Waals surface area contributed by atoms with Crippen LogP contribution in [0, 0.1) is 5.92 Å². The lowest BCUT2D eigenvalue weighted by molar-refractivity contribution is -0.119. The van der Waals surface area contributed by atoms with Gasteiger partial charge in [-0.2, -0.15) is 0 Å². The van der Waals surface area contributed by atoms with Gasteiger partial charge in [0.15, 0.2) is 5.16 Å². The number of nitrogens with zero attached hydrogens (tertiary/aromatic N) is 1. The van der Waals surface area contributed by atoms with Crippen molar-refractivity contribution in [3.05, 3.63) is 56.7 Å². The number of carbonyl (C=O) groups excluding carboxylic acids is 1. The second kappa shape index (κ2) is 8.09. The quantitative estimate of drug-likeness (QED) is 0.488. The Bertz CT molecular complexity index is 1060. The summed E-state index contributed by atoms with van der Waals surface area (Å²) in [6.45, 7) is 4.21. The molecule has 3 aromatic rings. The average molecular weight is 414 g/mol. The van der Waals surface area contributed by atoms with Gasteiger partial charge >= 0.3 is 0 Å². The zero-order valence-corrected chi connectivity index (χ0v) is 17.6. The molecule has 2 atom stereocenters. The maximum atomic E-state index is 12.6. The molecule has 1 aromatic carbocycles. The number of amides is 1. The number of fused-ring (bicyclic) bond motifs is 3. The smallest absolute Gasteiger partial charge is 0.260 e. The van der Waals surface area contributed by atoms with Crippen LogP contribution in [-0.4, -0.2) is 21.6 Å². The molecule has 0 spiro atoms. The standard InChI is InChI=1S/C21H23N3O2S2/c1-12-8-9-15-16(10-12)28-20-18(15)19(26)23-21(24-20)27-11-17(25)22-13(2)14-6-4-3-5-7-14/h3-7,12-13H,8-11H2,1-2H3,(H,22,25)(H,23,24,26)/t12-,13+/m0/s1. The van der Waals surface area contributed by atoms with Gasteiger partial charge in [0.1, 0.15) is 4.83 Å². The van der Waals surface area contributed by atoms with Crippen molar-refractivity contribution >= 4 is 39.2 Å². The van der Waals surface area contributed by atoms with Crippen LogP contribution in [0.2, 0.25) is 0 Å². The van der Waals surface area contributed by atoms with Crippen LogP contribution in [-0.2, 0) is 17.6 Å². The zero-order valence-electron chi connectivity index (χ0n) is 16.0. The molecule has 2 aromatic heterocycles. The minimum absolute atomic E-state index is 0.0604. The number of nitrogens with one attached hydrogen (secondary N) is 2. The highest BCUT2D eigenvalue weighted by molar-refractivity contribution is 7.99. The lowest BCUT2D eigenvalue weighted by Crippen LogP contribution is -2.28. The lowest BCUT2D eigenvalue weighted by Gasteiger charge is -2.17. The number of aromatic amines is 1. The molecule has 0 unspecified atom stereocenters. The van der Waals surface area contributed by atoms with Gasteiger partial charge in [-0.1, -0.05) is 49.0 Å². The van der Waals surface area contributed by atoms with Crippen LogP contribution in [0.25, 0.3) is 10.2 Å². The summed E-state index contributed by atoms with van der Waals surface area (Å²) in [6, 6.07) is 9.79. The Hall–Kier alpha value is -2.12. The van der Waals surface area contributed by atoms with Crippen LogP contribution in [0.1, 0.15) is 42.3 Å². The predicted octanol–water partition coefficient (Wildman–Crippen LogP) is 4.08. The molecule has 2 heterocycles.